The number of nitrogens with zero attached hydrogens (tertiary/aromatic N) is 2. The van der Waals surface area contributed by atoms with Gasteiger partial charge in [0.25, 0.3) is 11.5 Å². The molecule has 1 aromatic heterocycles. The van der Waals surface area contributed by atoms with Gasteiger partial charge in [0.2, 0.25) is 0 Å². The van der Waals surface area contributed by atoms with Crippen molar-refractivity contribution in [2.75, 3.05) is 13.2 Å². The second-order valence-electron chi connectivity index (χ2n) is 7.49. The third-order valence-electron chi connectivity index (χ3n) is 4.92. The lowest BCUT2D eigenvalue weighted by atomic mass is 10.1. The van der Waals surface area contributed by atoms with Crippen molar-refractivity contribution in [1.82, 2.24) is 14.9 Å². The fourth-order valence-corrected chi connectivity index (χ4v) is 3.26. The predicted molar refractivity (Wildman–Crippen MR) is 119 cm³/mol. The zero-order chi connectivity index (χ0) is 22.2. The minimum absolute atomic E-state index is 0.0281. The van der Waals surface area contributed by atoms with Crippen molar-refractivity contribution in [3.05, 3.63) is 75.8 Å². The third kappa shape index (κ3) is 6.25. The maximum Gasteiger partial charge on any atom is 0.306 e. The van der Waals surface area contributed by atoms with E-state index < -0.39 is 5.97 Å². The first-order valence-electron chi connectivity index (χ1n) is 10.4. The number of fused-ring (bicyclic) bond motifs is 1. The van der Waals surface area contributed by atoms with E-state index in [4.69, 9.17) is 4.74 Å². The fourth-order valence-electron chi connectivity index (χ4n) is 3.26. The number of hydrogen-bond donors (Lipinski definition) is 1. The highest BCUT2D eigenvalue weighted by atomic mass is 16.5. The molecule has 162 valence electrons. The number of aromatic nitrogens is 2. The number of H-pyrrole nitrogens is 1. The van der Waals surface area contributed by atoms with Gasteiger partial charge >= 0.3 is 5.97 Å². The Morgan fingerprint density at radius 2 is 1.84 bits per heavy atom. The predicted octanol–water partition coefficient (Wildman–Crippen LogP) is 3.15. The molecule has 3 aromatic rings. The first kappa shape index (κ1) is 22.2. The molecule has 7 heteroatoms. The Labute approximate surface area is 181 Å². The highest BCUT2D eigenvalue weighted by Gasteiger charge is 2.16. The minimum atomic E-state index is -0.504. The van der Waals surface area contributed by atoms with E-state index in [1.807, 2.05) is 38.1 Å². The largest absolute Gasteiger partial charge is 0.456 e. The molecule has 0 aliphatic rings. The van der Waals surface area contributed by atoms with Crippen molar-refractivity contribution in [3.63, 3.8) is 0 Å². The van der Waals surface area contributed by atoms with Crippen LogP contribution in [0.2, 0.25) is 0 Å². The van der Waals surface area contributed by atoms with E-state index in [0.717, 1.165) is 17.5 Å². The molecular weight excluding hydrogens is 394 g/mol. The highest BCUT2D eigenvalue weighted by molar-refractivity contribution is 5.81. The average molecular weight is 421 g/mol. The van der Waals surface area contributed by atoms with Crippen molar-refractivity contribution in [2.24, 2.45) is 0 Å². The molecule has 0 saturated heterocycles. The number of nitrogens with one attached hydrogen (secondary N) is 1. The molecule has 1 amide bonds. The molecule has 0 spiro atoms. The zero-order valence-corrected chi connectivity index (χ0v) is 17.9. The number of para-hydroxylation sites is 1. The number of ether oxygens (including phenoxy) is 1. The summed E-state index contributed by atoms with van der Waals surface area (Å²) in [5.74, 6) is -0.317. The number of carbonyl (C=O) groups excluding carboxylic acids is 2. The fraction of sp³-hybridized carbons (Fsp3) is 0.333. The van der Waals surface area contributed by atoms with Gasteiger partial charge in [0.05, 0.1) is 17.3 Å². The molecule has 0 unspecified atom stereocenters. The summed E-state index contributed by atoms with van der Waals surface area (Å²) in [6.07, 6.45) is 1.07. The molecule has 0 fully saturated rings. The summed E-state index contributed by atoms with van der Waals surface area (Å²) in [5.41, 5.74) is 2.53. The second kappa shape index (κ2) is 10.5. The Morgan fingerprint density at radius 1 is 1.10 bits per heavy atom. The normalized spacial score (nSPS) is 10.8. The van der Waals surface area contributed by atoms with E-state index in [0.29, 0.717) is 29.8 Å². The molecular formula is C24H27N3O4. The molecule has 0 radical (unpaired) electrons. The van der Waals surface area contributed by atoms with Crippen LogP contribution in [0.1, 0.15) is 36.7 Å². The zero-order valence-electron chi connectivity index (χ0n) is 17.9. The van der Waals surface area contributed by atoms with E-state index in [2.05, 4.69) is 9.97 Å². The van der Waals surface area contributed by atoms with Gasteiger partial charge < -0.3 is 14.6 Å². The molecule has 3 rings (SSSR count). The summed E-state index contributed by atoms with van der Waals surface area (Å²) in [6.45, 7) is 4.78. The summed E-state index contributed by atoms with van der Waals surface area (Å²) in [5, 5.41) is 0.504. The first-order chi connectivity index (χ1) is 15.0. The van der Waals surface area contributed by atoms with Crippen LogP contribution in [0, 0.1) is 6.92 Å². The number of aryl methyl sites for hydroxylation is 2. The topological polar surface area (TPSA) is 92.4 Å². The number of carbonyl (C=O) groups is 2. The van der Waals surface area contributed by atoms with Gasteiger partial charge in [-0.05, 0) is 31.0 Å². The van der Waals surface area contributed by atoms with Crippen LogP contribution in [0.5, 0.6) is 0 Å². The quantitative estimate of drug-likeness (QED) is 0.536. The van der Waals surface area contributed by atoms with Gasteiger partial charge in [-0.1, -0.05) is 48.9 Å². The van der Waals surface area contributed by atoms with Gasteiger partial charge in [0.15, 0.2) is 6.61 Å². The van der Waals surface area contributed by atoms with Crippen LogP contribution < -0.4 is 5.56 Å². The Kier molecular flexibility index (Phi) is 7.54. The SMILES string of the molecule is CCCN(Cc1ccc(C)cc1)C(=O)COC(=O)CCc1nc2ccccc2c(=O)[nH]1. The number of aromatic amines is 1. The van der Waals surface area contributed by atoms with Gasteiger partial charge in [-0.15, -0.1) is 0 Å². The molecule has 0 aliphatic heterocycles. The summed E-state index contributed by atoms with van der Waals surface area (Å²) in [4.78, 5) is 45.6. The van der Waals surface area contributed by atoms with E-state index in [1.54, 1.807) is 29.2 Å². The van der Waals surface area contributed by atoms with Crippen LogP contribution in [0.3, 0.4) is 0 Å². The number of esters is 1. The van der Waals surface area contributed by atoms with Gasteiger partial charge in [0.1, 0.15) is 5.82 Å². The summed E-state index contributed by atoms with van der Waals surface area (Å²) in [7, 11) is 0. The molecule has 1 N–H and O–H groups in total. The lowest BCUT2D eigenvalue weighted by Gasteiger charge is -2.22. The Bertz CT molecular complexity index is 1110. The second-order valence-corrected chi connectivity index (χ2v) is 7.49. The van der Waals surface area contributed by atoms with Gasteiger partial charge in [-0.3, -0.25) is 14.4 Å². The van der Waals surface area contributed by atoms with Crippen molar-refractivity contribution >= 4 is 22.8 Å². The number of benzene rings is 2. The van der Waals surface area contributed by atoms with Crippen molar-refractivity contribution < 1.29 is 14.3 Å². The highest BCUT2D eigenvalue weighted by Crippen LogP contribution is 2.09. The monoisotopic (exact) mass is 421 g/mol. The van der Waals surface area contributed by atoms with Crippen LogP contribution in [0.15, 0.2) is 53.3 Å². The van der Waals surface area contributed by atoms with E-state index in [1.165, 1.54) is 0 Å². The summed E-state index contributed by atoms with van der Waals surface area (Å²) in [6, 6.07) is 15.0. The molecule has 0 bridgehead atoms. The maximum atomic E-state index is 12.6. The molecule has 0 saturated carbocycles. The standard InChI is InChI=1S/C24H27N3O4/c1-3-14-27(15-18-10-8-17(2)9-11-18)22(28)16-31-23(29)13-12-21-25-20-7-5-4-6-19(20)24(30)26-21/h4-11H,3,12-16H2,1-2H3,(H,25,26,30). The number of rotatable bonds is 9. The van der Waals surface area contributed by atoms with E-state index >= 15 is 0 Å². The Hall–Kier alpha value is -3.48. The van der Waals surface area contributed by atoms with Crippen molar-refractivity contribution in [1.29, 1.82) is 0 Å². The van der Waals surface area contributed by atoms with Crippen LogP contribution >= 0.6 is 0 Å². The van der Waals surface area contributed by atoms with Crippen molar-refractivity contribution in [2.45, 2.75) is 39.7 Å². The van der Waals surface area contributed by atoms with Crippen LogP contribution in [-0.4, -0.2) is 39.9 Å². The van der Waals surface area contributed by atoms with E-state index in [-0.39, 0.29) is 30.9 Å². The van der Waals surface area contributed by atoms with Gasteiger partial charge in [0, 0.05) is 19.5 Å². The number of hydrogen-bond acceptors (Lipinski definition) is 5. The molecule has 2 aromatic carbocycles. The van der Waals surface area contributed by atoms with Crippen molar-refractivity contribution in [3.8, 4) is 0 Å². The molecule has 1 heterocycles. The van der Waals surface area contributed by atoms with Gasteiger partial charge in [-0.25, -0.2) is 4.98 Å². The Balaban J connectivity index is 1.52. The first-order valence-corrected chi connectivity index (χ1v) is 10.4. The van der Waals surface area contributed by atoms with Crippen LogP contribution in [0.4, 0.5) is 0 Å². The maximum absolute atomic E-state index is 12.6. The third-order valence-corrected chi connectivity index (χ3v) is 4.92. The minimum Gasteiger partial charge on any atom is -0.456 e. The summed E-state index contributed by atoms with van der Waals surface area (Å²) >= 11 is 0. The molecule has 0 atom stereocenters. The number of amides is 1. The lowest BCUT2D eigenvalue weighted by molar-refractivity contribution is -0.152. The van der Waals surface area contributed by atoms with E-state index in [9.17, 15) is 14.4 Å². The molecule has 7 nitrogen and oxygen atoms in total. The molecule has 0 aliphatic carbocycles. The smallest absolute Gasteiger partial charge is 0.306 e. The molecule has 31 heavy (non-hydrogen) atoms. The van der Waals surface area contributed by atoms with Gasteiger partial charge in [-0.2, -0.15) is 0 Å². The summed E-state index contributed by atoms with van der Waals surface area (Å²) < 4.78 is 5.18. The average Bonchev–Trinajstić information content (AvgIpc) is 2.77. The Morgan fingerprint density at radius 3 is 2.58 bits per heavy atom. The lowest BCUT2D eigenvalue weighted by Crippen LogP contribution is -2.35. The van der Waals surface area contributed by atoms with Crippen LogP contribution in [-0.2, 0) is 27.3 Å². The van der Waals surface area contributed by atoms with Crippen LogP contribution in [0.25, 0.3) is 10.9 Å².